The second kappa shape index (κ2) is 4.73. The predicted molar refractivity (Wildman–Crippen MR) is 58.2 cm³/mol. The molecule has 0 atom stereocenters. The third kappa shape index (κ3) is 2.30. The number of carbonyl (C=O) groups excluding carboxylic acids is 1. The van der Waals surface area contributed by atoms with Crippen molar-refractivity contribution in [1.82, 2.24) is 15.1 Å². The van der Waals surface area contributed by atoms with Crippen LogP contribution in [-0.4, -0.2) is 27.7 Å². The molecule has 6 nitrogen and oxygen atoms in total. The van der Waals surface area contributed by atoms with E-state index in [4.69, 9.17) is 9.26 Å². The van der Waals surface area contributed by atoms with Crippen molar-refractivity contribution in [2.75, 3.05) is 6.61 Å². The number of hydrogen-bond donors (Lipinski definition) is 0. The van der Waals surface area contributed by atoms with Gasteiger partial charge in [0.05, 0.1) is 24.1 Å². The van der Waals surface area contributed by atoms with E-state index < -0.39 is 5.97 Å². The Hall–Kier alpha value is -2.24. The highest BCUT2D eigenvalue weighted by Crippen LogP contribution is 2.20. The Morgan fingerprint density at radius 3 is 2.94 bits per heavy atom. The molecule has 0 aliphatic carbocycles. The van der Waals surface area contributed by atoms with E-state index in [1.54, 1.807) is 26.1 Å². The molecule has 0 amide bonds. The van der Waals surface area contributed by atoms with Gasteiger partial charge in [0.25, 0.3) is 0 Å². The van der Waals surface area contributed by atoms with Gasteiger partial charge >= 0.3 is 5.97 Å². The van der Waals surface area contributed by atoms with Gasteiger partial charge in [-0.05, 0) is 19.9 Å². The van der Waals surface area contributed by atoms with Gasteiger partial charge in [-0.2, -0.15) is 0 Å². The molecule has 6 heteroatoms. The molecule has 0 radical (unpaired) electrons. The van der Waals surface area contributed by atoms with Crippen molar-refractivity contribution in [2.24, 2.45) is 0 Å². The summed E-state index contributed by atoms with van der Waals surface area (Å²) in [5.41, 5.74) is 1.54. The molecule has 2 rings (SSSR count). The molecule has 0 bridgehead atoms. The number of aryl methyl sites for hydroxylation is 1. The van der Waals surface area contributed by atoms with Crippen LogP contribution in [0.3, 0.4) is 0 Å². The van der Waals surface area contributed by atoms with E-state index >= 15 is 0 Å². The van der Waals surface area contributed by atoms with Crippen molar-refractivity contribution >= 4 is 5.97 Å². The van der Waals surface area contributed by atoms with Crippen LogP contribution in [0.2, 0.25) is 0 Å². The van der Waals surface area contributed by atoms with Crippen molar-refractivity contribution in [3.63, 3.8) is 0 Å². The van der Waals surface area contributed by atoms with Crippen molar-refractivity contribution in [2.45, 2.75) is 13.8 Å². The normalized spacial score (nSPS) is 10.2. The first-order chi connectivity index (χ1) is 8.22. The minimum absolute atomic E-state index is 0.220. The van der Waals surface area contributed by atoms with Gasteiger partial charge in [-0.25, -0.2) is 14.8 Å². The number of rotatable bonds is 3. The number of esters is 1. The van der Waals surface area contributed by atoms with Crippen LogP contribution < -0.4 is 0 Å². The van der Waals surface area contributed by atoms with E-state index in [2.05, 4.69) is 15.1 Å². The molecular weight excluding hydrogens is 222 g/mol. The number of hydrogen-bond acceptors (Lipinski definition) is 6. The van der Waals surface area contributed by atoms with Crippen LogP contribution in [0.5, 0.6) is 0 Å². The summed E-state index contributed by atoms with van der Waals surface area (Å²) in [6, 6.07) is 1.55. The summed E-state index contributed by atoms with van der Waals surface area (Å²) < 4.78 is 9.80. The van der Waals surface area contributed by atoms with Crippen LogP contribution in [0.1, 0.15) is 23.2 Å². The van der Waals surface area contributed by atoms with E-state index in [-0.39, 0.29) is 5.69 Å². The lowest BCUT2D eigenvalue weighted by molar-refractivity contribution is 0.0519. The van der Waals surface area contributed by atoms with Crippen molar-refractivity contribution < 1.29 is 14.1 Å². The number of ether oxygens (including phenoxy) is 1. The van der Waals surface area contributed by atoms with Crippen LogP contribution in [0.4, 0.5) is 0 Å². The van der Waals surface area contributed by atoms with Gasteiger partial charge in [0.15, 0.2) is 5.69 Å². The highest BCUT2D eigenvalue weighted by molar-refractivity contribution is 5.88. The van der Waals surface area contributed by atoms with Gasteiger partial charge in [0.1, 0.15) is 12.1 Å². The summed E-state index contributed by atoms with van der Waals surface area (Å²) in [6.45, 7) is 3.82. The monoisotopic (exact) mass is 233 g/mol. The summed E-state index contributed by atoms with van der Waals surface area (Å²) in [5, 5.41) is 3.66. The zero-order valence-corrected chi connectivity index (χ0v) is 9.51. The standard InChI is InChI=1S/C11H11N3O3/c1-3-16-11(15)10-4-9(12-6-13-10)8-5-14-17-7(8)2/h4-6H,3H2,1-2H3. The number of aromatic nitrogens is 3. The maximum absolute atomic E-state index is 11.5. The average molecular weight is 233 g/mol. The SMILES string of the molecule is CCOC(=O)c1cc(-c2cnoc2C)ncn1. The minimum atomic E-state index is -0.467. The zero-order chi connectivity index (χ0) is 12.3. The van der Waals surface area contributed by atoms with Gasteiger partial charge in [-0.15, -0.1) is 0 Å². The van der Waals surface area contributed by atoms with Crippen molar-refractivity contribution in [3.05, 3.63) is 30.0 Å². The summed E-state index contributed by atoms with van der Waals surface area (Å²) >= 11 is 0. The highest BCUT2D eigenvalue weighted by Gasteiger charge is 2.13. The first-order valence-corrected chi connectivity index (χ1v) is 5.13. The van der Waals surface area contributed by atoms with Crippen molar-refractivity contribution in [3.8, 4) is 11.3 Å². The molecule has 88 valence electrons. The van der Waals surface area contributed by atoms with Gasteiger partial charge < -0.3 is 9.26 Å². The Morgan fingerprint density at radius 2 is 2.29 bits per heavy atom. The second-order valence-electron chi connectivity index (χ2n) is 3.30. The first-order valence-electron chi connectivity index (χ1n) is 5.13. The van der Waals surface area contributed by atoms with E-state index in [0.29, 0.717) is 18.1 Å². The average Bonchev–Trinajstić information content (AvgIpc) is 2.76. The molecule has 0 aromatic carbocycles. The van der Waals surface area contributed by atoms with Crippen LogP contribution >= 0.6 is 0 Å². The maximum Gasteiger partial charge on any atom is 0.357 e. The largest absolute Gasteiger partial charge is 0.461 e. The molecule has 2 heterocycles. The molecule has 0 unspecified atom stereocenters. The second-order valence-corrected chi connectivity index (χ2v) is 3.30. The quantitative estimate of drug-likeness (QED) is 0.749. The Balaban J connectivity index is 2.35. The summed E-state index contributed by atoms with van der Waals surface area (Å²) in [6.07, 6.45) is 2.86. The highest BCUT2D eigenvalue weighted by atomic mass is 16.5. The Kier molecular flexibility index (Phi) is 3.13. The van der Waals surface area contributed by atoms with E-state index in [0.717, 1.165) is 5.56 Å². The van der Waals surface area contributed by atoms with Gasteiger partial charge in [0, 0.05) is 0 Å². The van der Waals surface area contributed by atoms with E-state index in [9.17, 15) is 4.79 Å². The molecule has 0 fully saturated rings. The number of carbonyl (C=O) groups is 1. The Morgan fingerprint density at radius 1 is 1.47 bits per heavy atom. The van der Waals surface area contributed by atoms with E-state index in [1.807, 2.05) is 0 Å². The molecule has 2 aromatic rings. The Bertz CT molecular complexity index is 536. The molecule has 0 saturated carbocycles. The lowest BCUT2D eigenvalue weighted by Gasteiger charge is -2.02. The Labute approximate surface area is 97.6 Å². The molecular formula is C11H11N3O3. The molecule has 0 aliphatic heterocycles. The molecule has 17 heavy (non-hydrogen) atoms. The van der Waals surface area contributed by atoms with Gasteiger partial charge in [-0.3, -0.25) is 0 Å². The van der Waals surface area contributed by atoms with Gasteiger partial charge in [-0.1, -0.05) is 5.16 Å². The third-order valence-electron chi connectivity index (χ3n) is 2.18. The predicted octanol–water partition coefficient (Wildman–Crippen LogP) is 1.62. The minimum Gasteiger partial charge on any atom is -0.461 e. The fraction of sp³-hybridized carbons (Fsp3) is 0.273. The smallest absolute Gasteiger partial charge is 0.357 e. The van der Waals surface area contributed by atoms with Gasteiger partial charge in [0.2, 0.25) is 0 Å². The maximum atomic E-state index is 11.5. The zero-order valence-electron chi connectivity index (χ0n) is 9.51. The fourth-order valence-electron chi connectivity index (χ4n) is 1.37. The van der Waals surface area contributed by atoms with Crippen LogP contribution in [0.25, 0.3) is 11.3 Å². The lowest BCUT2D eigenvalue weighted by atomic mass is 10.2. The number of nitrogens with zero attached hydrogens (tertiary/aromatic N) is 3. The molecule has 0 spiro atoms. The van der Waals surface area contributed by atoms with E-state index in [1.165, 1.54) is 6.33 Å². The summed E-state index contributed by atoms with van der Waals surface area (Å²) in [7, 11) is 0. The van der Waals surface area contributed by atoms with Crippen LogP contribution in [-0.2, 0) is 4.74 Å². The molecule has 2 aromatic heterocycles. The van der Waals surface area contributed by atoms with Crippen LogP contribution in [0.15, 0.2) is 23.1 Å². The molecule has 0 saturated heterocycles. The lowest BCUT2D eigenvalue weighted by Crippen LogP contribution is -2.07. The summed E-state index contributed by atoms with van der Waals surface area (Å²) in [4.78, 5) is 19.4. The van der Waals surface area contributed by atoms with Crippen LogP contribution in [0, 0.1) is 6.92 Å². The molecule has 0 aliphatic rings. The molecule has 0 N–H and O–H groups in total. The topological polar surface area (TPSA) is 78.1 Å². The van der Waals surface area contributed by atoms with Crippen molar-refractivity contribution in [1.29, 1.82) is 0 Å². The summed E-state index contributed by atoms with van der Waals surface area (Å²) in [5.74, 6) is 0.170. The first kappa shape index (κ1) is 11.3. The fourth-order valence-corrected chi connectivity index (χ4v) is 1.37. The third-order valence-corrected chi connectivity index (χ3v) is 2.18.